The highest BCUT2D eigenvalue weighted by Crippen LogP contribution is 2.65. The Balaban J connectivity index is 1.22. The summed E-state index contributed by atoms with van der Waals surface area (Å²) in [6.45, 7) is 5.92. The monoisotopic (exact) mass is 1020 g/mol. The van der Waals surface area contributed by atoms with E-state index in [9.17, 15) is 34.2 Å². The topological polar surface area (TPSA) is 230 Å². The second-order valence-corrected chi connectivity index (χ2v) is 17.9. The van der Waals surface area contributed by atoms with Crippen molar-refractivity contribution in [3.8, 4) is 17.2 Å². The van der Waals surface area contributed by atoms with Crippen LogP contribution in [-0.4, -0.2) is 148 Å². The number of hydrogen-bond donors (Lipinski definition) is 0. The summed E-state index contributed by atoms with van der Waals surface area (Å²) in [6.07, 6.45) is 0.887. The Morgan fingerprint density at radius 3 is 2.07 bits per heavy atom. The fourth-order valence-electron chi connectivity index (χ4n) is 9.88. The standard InChI is InChI=1S/C48H61ClFN5O16/c1-5-14-51(29-34-8-13-40(63-4)33(3)27-34)45(56)42-37(35-9-11-36(12-10-35)66-15-6-7-16-67-43-38(49)25-32(2)26-39(43)50)28-48-31-52(46(57)68-21-17-64-19-23-70-54(59)60)30-41(48)53(44(42)48)47(58)69-22-18-65-20-24-71-55(61)62/h8-13,25-27,37,41-42,44H,5-7,14-24,28-31H2,1-4H3. The molecule has 1 saturated carbocycles. The second kappa shape index (κ2) is 25.6. The molecule has 23 heteroatoms. The van der Waals surface area contributed by atoms with Crippen molar-refractivity contribution in [3.63, 3.8) is 0 Å². The van der Waals surface area contributed by atoms with Gasteiger partial charge in [-0.25, -0.2) is 14.0 Å². The summed E-state index contributed by atoms with van der Waals surface area (Å²) >= 11 is 6.18. The molecule has 0 N–H and O–H groups in total. The number of ether oxygens (including phenoxy) is 7. The number of nitrogens with zero attached hydrogens (tertiary/aromatic N) is 5. The van der Waals surface area contributed by atoms with Crippen LogP contribution in [0.4, 0.5) is 14.0 Å². The van der Waals surface area contributed by atoms with Crippen LogP contribution in [0.3, 0.4) is 0 Å². The van der Waals surface area contributed by atoms with Crippen molar-refractivity contribution in [1.29, 1.82) is 0 Å². The average molecular weight is 1020 g/mol. The molecule has 0 bridgehead atoms. The van der Waals surface area contributed by atoms with Crippen molar-refractivity contribution >= 4 is 29.7 Å². The van der Waals surface area contributed by atoms with Crippen LogP contribution < -0.4 is 14.2 Å². The number of hydrogen-bond acceptors (Lipinski definition) is 16. The van der Waals surface area contributed by atoms with Crippen molar-refractivity contribution in [3.05, 3.63) is 108 Å². The Kier molecular flexibility index (Phi) is 19.5. The minimum Gasteiger partial charge on any atom is -0.496 e. The molecule has 388 valence electrons. The highest BCUT2D eigenvalue weighted by atomic mass is 35.5. The summed E-state index contributed by atoms with van der Waals surface area (Å²) < 4.78 is 53.5. The molecule has 6 rings (SSSR count). The second-order valence-electron chi connectivity index (χ2n) is 17.5. The number of aryl methyl sites for hydroxylation is 2. The van der Waals surface area contributed by atoms with Gasteiger partial charge < -0.3 is 52.6 Å². The van der Waals surface area contributed by atoms with Crippen molar-refractivity contribution < 1.29 is 71.8 Å². The van der Waals surface area contributed by atoms with E-state index in [4.69, 9.17) is 44.8 Å². The summed E-state index contributed by atoms with van der Waals surface area (Å²) in [6, 6.07) is 15.0. The molecule has 3 aromatic carbocycles. The maximum Gasteiger partial charge on any atom is 0.410 e. The lowest BCUT2D eigenvalue weighted by atomic mass is 9.67. The normalized spacial score (nSPS) is 19.7. The van der Waals surface area contributed by atoms with Gasteiger partial charge in [0.05, 0.1) is 69.8 Å². The van der Waals surface area contributed by atoms with E-state index in [1.54, 1.807) is 25.0 Å². The minimum atomic E-state index is -0.934. The van der Waals surface area contributed by atoms with E-state index in [2.05, 4.69) is 9.68 Å². The molecule has 3 aromatic rings. The smallest absolute Gasteiger partial charge is 0.410 e. The third kappa shape index (κ3) is 13.7. The highest BCUT2D eigenvalue weighted by molar-refractivity contribution is 6.32. The van der Waals surface area contributed by atoms with E-state index in [1.807, 2.05) is 61.2 Å². The van der Waals surface area contributed by atoms with Crippen LogP contribution in [-0.2, 0) is 40.0 Å². The number of rotatable bonds is 28. The molecular weight excluding hydrogens is 957 g/mol. The number of halogens is 2. The van der Waals surface area contributed by atoms with Gasteiger partial charge in [0.2, 0.25) is 5.91 Å². The van der Waals surface area contributed by atoms with Gasteiger partial charge in [-0.15, -0.1) is 20.2 Å². The van der Waals surface area contributed by atoms with E-state index < -0.39 is 57.5 Å². The molecule has 2 aliphatic heterocycles. The van der Waals surface area contributed by atoms with Gasteiger partial charge in [0.15, 0.2) is 11.6 Å². The van der Waals surface area contributed by atoms with Gasteiger partial charge in [-0.3, -0.25) is 9.69 Å². The predicted molar refractivity (Wildman–Crippen MR) is 251 cm³/mol. The van der Waals surface area contributed by atoms with Crippen molar-refractivity contribution in [2.75, 3.05) is 92.8 Å². The Bertz CT molecular complexity index is 2290. The summed E-state index contributed by atoms with van der Waals surface area (Å²) in [5.74, 6) is -0.593. The number of benzene rings is 3. The van der Waals surface area contributed by atoms with E-state index in [0.29, 0.717) is 55.9 Å². The molecular formula is C48H61ClFN5O16. The number of unbranched alkanes of at least 4 members (excludes halogenated alkanes) is 1. The largest absolute Gasteiger partial charge is 0.496 e. The summed E-state index contributed by atoms with van der Waals surface area (Å²) in [7, 11) is 1.60. The zero-order valence-electron chi connectivity index (χ0n) is 40.3. The van der Waals surface area contributed by atoms with Crippen LogP contribution in [0.15, 0.2) is 54.6 Å². The van der Waals surface area contributed by atoms with Crippen LogP contribution in [0.1, 0.15) is 60.8 Å². The molecule has 0 aromatic heterocycles. The SMILES string of the molecule is CCCN(Cc1ccc(OC)c(C)c1)C(=O)C1C(c2ccc(OCCCCOc3c(F)cc(C)cc3Cl)cc2)CC23CN(C(=O)OCCOCCO[N+](=O)[O-])CC2N(C(=O)OCCOCCO[N+](=O)[O-])C13. The Hall–Kier alpha value is -6.39. The zero-order valence-corrected chi connectivity index (χ0v) is 41.0. The Labute approximate surface area is 415 Å². The number of likely N-dealkylation sites (tertiary alicyclic amines) is 2. The molecule has 5 unspecified atom stereocenters. The van der Waals surface area contributed by atoms with Gasteiger partial charge in [0.25, 0.3) is 10.2 Å². The van der Waals surface area contributed by atoms with Gasteiger partial charge in [-0.05, 0) is 98.0 Å². The van der Waals surface area contributed by atoms with E-state index >= 15 is 4.79 Å². The molecule has 71 heavy (non-hydrogen) atoms. The fourth-order valence-corrected chi connectivity index (χ4v) is 10.2. The molecule has 1 spiro atoms. The molecule has 3 aliphatic rings. The number of carbonyl (C=O) groups is 3. The van der Waals surface area contributed by atoms with Crippen LogP contribution in [0, 0.1) is 51.2 Å². The first-order valence-corrected chi connectivity index (χ1v) is 23.9. The first-order chi connectivity index (χ1) is 34.2. The van der Waals surface area contributed by atoms with Gasteiger partial charge in [-0.2, -0.15) is 0 Å². The van der Waals surface area contributed by atoms with E-state index in [0.717, 1.165) is 16.7 Å². The molecule has 2 saturated heterocycles. The molecule has 21 nitrogen and oxygen atoms in total. The molecule has 3 fully saturated rings. The maximum atomic E-state index is 15.4. The van der Waals surface area contributed by atoms with Crippen LogP contribution in [0.25, 0.3) is 0 Å². The van der Waals surface area contributed by atoms with Gasteiger partial charge in [-0.1, -0.05) is 42.8 Å². The lowest BCUT2D eigenvalue weighted by Crippen LogP contribution is -2.73. The van der Waals surface area contributed by atoms with Crippen LogP contribution in [0.2, 0.25) is 5.02 Å². The highest BCUT2D eigenvalue weighted by Gasteiger charge is 2.75. The van der Waals surface area contributed by atoms with Gasteiger partial charge >= 0.3 is 12.2 Å². The van der Waals surface area contributed by atoms with Crippen LogP contribution >= 0.6 is 11.6 Å². The molecule has 1 aliphatic carbocycles. The Morgan fingerprint density at radius 1 is 0.831 bits per heavy atom. The van der Waals surface area contributed by atoms with Gasteiger partial charge in [0, 0.05) is 31.6 Å². The van der Waals surface area contributed by atoms with E-state index in [1.165, 1.54) is 11.0 Å². The Morgan fingerprint density at radius 2 is 1.46 bits per heavy atom. The quantitative estimate of drug-likeness (QED) is 0.0406. The van der Waals surface area contributed by atoms with Crippen molar-refractivity contribution in [2.45, 2.75) is 71.0 Å². The molecule has 5 atom stereocenters. The summed E-state index contributed by atoms with van der Waals surface area (Å²) in [5.41, 5.74) is 2.57. The third-order valence-corrected chi connectivity index (χ3v) is 13.1. The number of carbonyl (C=O) groups excluding carboxylic acids is 3. The maximum absolute atomic E-state index is 15.4. The first-order valence-electron chi connectivity index (χ1n) is 23.5. The summed E-state index contributed by atoms with van der Waals surface area (Å²) in [5, 5.41) is 19.3. The minimum absolute atomic E-state index is 0.0167. The molecule has 2 heterocycles. The lowest BCUT2D eigenvalue weighted by Gasteiger charge is -2.57. The number of methoxy groups -OCH3 is 1. The van der Waals surface area contributed by atoms with E-state index in [-0.39, 0.29) is 95.8 Å². The average Bonchev–Trinajstić information content (AvgIpc) is 3.79. The van der Waals surface area contributed by atoms with Crippen LogP contribution in [0.5, 0.6) is 17.2 Å². The lowest BCUT2D eigenvalue weighted by molar-refractivity contribution is -0.758. The molecule has 3 amide bonds. The zero-order chi connectivity index (χ0) is 51.1. The van der Waals surface area contributed by atoms with Crippen molar-refractivity contribution in [1.82, 2.24) is 14.7 Å². The fraction of sp³-hybridized carbons (Fsp3) is 0.562. The predicted octanol–water partition coefficient (Wildman–Crippen LogP) is 6.96. The summed E-state index contributed by atoms with van der Waals surface area (Å²) in [4.78, 5) is 77.8. The van der Waals surface area contributed by atoms with Crippen molar-refractivity contribution in [2.24, 2.45) is 11.3 Å². The third-order valence-electron chi connectivity index (χ3n) is 12.8. The van der Waals surface area contributed by atoms with Gasteiger partial charge in [0.1, 0.15) is 37.9 Å². The first kappa shape index (κ1) is 54.0. The molecule has 0 radical (unpaired) electrons. The number of amides is 3.